The molecule has 0 heterocycles. The van der Waals surface area contributed by atoms with E-state index >= 15 is 0 Å². The number of anilines is 1. The maximum absolute atomic E-state index is 14.1. The van der Waals surface area contributed by atoms with Gasteiger partial charge in [0.2, 0.25) is 0 Å². The summed E-state index contributed by atoms with van der Waals surface area (Å²) in [5.74, 6) is -0.167. The van der Waals surface area contributed by atoms with Crippen molar-refractivity contribution in [3.05, 3.63) is 30.1 Å². The van der Waals surface area contributed by atoms with E-state index in [1.807, 2.05) is 19.2 Å². The minimum atomic E-state index is -0.167. The van der Waals surface area contributed by atoms with Gasteiger partial charge in [0.1, 0.15) is 5.82 Å². The number of halogens is 1. The smallest absolute Gasteiger partial charge is 0.146 e. The van der Waals surface area contributed by atoms with Crippen molar-refractivity contribution in [3.8, 4) is 0 Å². The molecule has 0 amide bonds. The van der Waals surface area contributed by atoms with Crippen molar-refractivity contribution in [2.45, 2.75) is 45.1 Å². The molecule has 0 radical (unpaired) electrons. The third-order valence-electron chi connectivity index (χ3n) is 5.10. The van der Waals surface area contributed by atoms with Gasteiger partial charge >= 0.3 is 0 Å². The van der Waals surface area contributed by atoms with Crippen LogP contribution in [0.4, 0.5) is 10.1 Å². The molecule has 1 saturated carbocycles. The number of benzene rings is 1. The monoisotopic (exact) mass is 264 g/mol. The second-order valence-electron chi connectivity index (χ2n) is 6.34. The Labute approximate surface area is 115 Å². The van der Waals surface area contributed by atoms with Crippen LogP contribution in [0.3, 0.4) is 0 Å². The molecule has 3 heteroatoms. The van der Waals surface area contributed by atoms with E-state index in [4.69, 9.17) is 5.73 Å². The lowest BCUT2D eigenvalue weighted by Crippen LogP contribution is -2.63. The van der Waals surface area contributed by atoms with Gasteiger partial charge in [0.15, 0.2) is 0 Å². The first-order valence-electron chi connectivity index (χ1n) is 7.13. The standard InChI is InChI=1S/C16H25FN2/c1-15(2)10-6-7-11-16(15,12-18)19(3)14-9-5-4-8-13(14)17/h4-5,8-9H,6-7,10-12,18H2,1-3H3. The lowest BCUT2D eigenvalue weighted by molar-refractivity contribution is 0.100. The lowest BCUT2D eigenvalue weighted by atomic mass is 9.62. The normalized spacial score (nSPS) is 26.2. The molecular formula is C16H25FN2. The summed E-state index contributed by atoms with van der Waals surface area (Å²) in [6, 6.07) is 6.98. The largest absolute Gasteiger partial charge is 0.365 e. The SMILES string of the molecule is CN(c1ccccc1F)C1(CN)CCCCC1(C)C. The summed E-state index contributed by atoms with van der Waals surface area (Å²) >= 11 is 0. The Morgan fingerprint density at radius 3 is 2.42 bits per heavy atom. The fourth-order valence-corrected chi connectivity index (χ4v) is 3.65. The van der Waals surface area contributed by atoms with Gasteiger partial charge in [-0.05, 0) is 30.4 Å². The van der Waals surface area contributed by atoms with Crippen molar-refractivity contribution in [1.82, 2.24) is 0 Å². The van der Waals surface area contributed by atoms with Gasteiger partial charge in [-0.25, -0.2) is 4.39 Å². The van der Waals surface area contributed by atoms with E-state index in [-0.39, 0.29) is 16.8 Å². The lowest BCUT2D eigenvalue weighted by Gasteiger charge is -2.55. The molecule has 1 aliphatic carbocycles. The third kappa shape index (κ3) is 2.25. The van der Waals surface area contributed by atoms with Crippen molar-refractivity contribution < 1.29 is 4.39 Å². The van der Waals surface area contributed by atoms with Crippen LogP contribution >= 0.6 is 0 Å². The van der Waals surface area contributed by atoms with E-state index in [2.05, 4.69) is 18.7 Å². The molecule has 2 nitrogen and oxygen atoms in total. The van der Waals surface area contributed by atoms with Crippen LogP contribution in [0.25, 0.3) is 0 Å². The predicted octanol–water partition coefficient (Wildman–Crippen LogP) is 3.56. The minimum Gasteiger partial charge on any atom is -0.365 e. The van der Waals surface area contributed by atoms with Gasteiger partial charge in [0.05, 0.1) is 11.2 Å². The summed E-state index contributed by atoms with van der Waals surface area (Å²) in [5, 5.41) is 0. The number of rotatable bonds is 3. The summed E-state index contributed by atoms with van der Waals surface area (Å²) in [6.07, 6.45) is 4.57. The molecule has 106 valence electrons. The van der Waals surface area contributed by atoms with Gasteiger partial charge in [0.25, 0.3) is 0 Å². The Morgan fingerprint density at radius 2 is 1.84 bits per heavy atom. The molecule has 19 heavy (non-hydrogen) atoms. The zero-order chi connectivity index (χ0) is 14.1. The molecule has 0 aromatic heterocycles. The quantitative estimate of drug-likeness (QED) is 0.904. The highest BCUT2D eigenvalue weighted by molar-refractivity contribution is 5.50. The minimum absolute atomic E-state index is 0.0943. The number of hydrogen-bond acceptors (Lipinski definition) is 2. The Morgan fingerprint density at radius 1 is 1.21 bits per heavy atom. The maximum Gasteiger partial charge on any atom is 0.146 e. The van der Waals surface area contributed by atoms with Crippen molar-refractivity contribution in [2.24, 2.45) is 11.1 Å². The van der Waals surface area contributed by atoms with Gasteiger partial charge in [-0.2, -0.15) is 0 Å². The fourth-order valence-electron chi connectivity index (χ4n) is 3.65. The van der Waals surface area contributed by atoms with E-state index in [1.54, 1.807) is 6.07 Å². The molecule has 0 bridgehead atoms. The van der Waals surface area contributed by atoms with Gasteiger partial charge in [-0.15, -0.1) is 0 Å². The second-order valence-corrected chi connectivity index (χ2v) is 6.34. The highest BCUT2D eigenvalue weighted by Gasteiger charge is 2.48. The summed E-state index contributed by atoms with van der Waals surface area (Å²) < 4.78 is 14.1. The fraction of sp³-hybridized carbons (Fsp3) is 0.625. The Bertz CT molecular complexity index is 444. The average Bonchev–Trinajstić information content (AvgIpc) is 2.38. The number of hydrogen-bond donors (Lipinski definition) is 1. The zero-order valence-electron chi connectivity index (χ0n) is 12.2. The van der Waals surface area contributed by atoms with Crippen LogP contribution < -0.4 is 10.6 Å². The van der Waals surface area contributed by atoms with Crippen molar-refractivity contribution in [1.29, 1.82) is 0 Å². The van der Waals surface area contributed by atoms with E-state index in [9.17, 15) is 4.39 Å². The van der Waals surface area contributed by atoms with E-state index in [1.165, 1.54) is 18.9 Å². The van der Waals surface area contributed by atoms with Crippen molar-refractivity contribution in [2.75, 3.05) is 18.5 Å². The third-order valence-corrected chi connectivity index (χ3v) is 5.10. The first kappa shape index (κ1) is 14.3. The number of para-hydroxylation sites is 1. The van der Waals surface area contributed by atoms with Crippen LogP contribution in [0.2, 0.25) is 0 Å². The molecule has 2 rings (SSSR count). The van der Waals surface area contributed by atoms with Gasteiger partial charge < -0.3 is 10.6 Å². The molecule has 1 unspecified atom stereocenters. The molecule has 1 aliphatic rings. The van der Waals surface area contributed by atoms with Crippen LogP contribution in [-0.4, -0.2) is 19.1 Å². The first-order chi connectivity index (χ1) is 8.94. The molecule has 1 aromatic carbocycles. The molecule has 1 atom stereocenters. The van der Waals surface area contributed by atoms with Crippen LogP contribution in [0.15, 0.2) is 24.3 Å². The molecule has 0 aliphatic heterocycles. The van der Waals surface area contributed by atoms with Crippen LogP contribution in [0.5, 0.6) is 0 Å². The molecule has 0 spiro atoms. The first-order valence-corrected chi connectivity index (χ1v) is 7.13. The van der Waals surface area contributed by atoms with E-state index in [0.29, 0.717) is 12.2 Å². The topological polar surface area (TPSA) is 29.3 Å². The summed E-state index contributed by atoms with van der Waals surface area (Å²) in [4.78, 5) is 2.08. The maximum atomic E-state index is 14.1. The van der Waals surface area contributed by atoms with E-state index in [0.717, 1.165) is 12.8 Å². The van der Waals surface area contributed by atoms with Crippen LogP contribution in [0, 0.1) is 11.2 Å². The average molecular weight is 264 g/mol. The zero-order valence-corrected chi connectivity index (χ0v) is 12.2. The predicted molar refractivity (Wildman–Crippen MR) is 78.8 cm³/mol. The molecule has 0 saturated heterocycles. The molecule has 1 aromatic rings. The summed E-state index contributed by atoms with van der Waals surface area (Å²) in [5.41, 5.74) is 6.73. The Kier molecular flexibility index (Phi) is 3.86. The molecule has 1 fully saturated rings. The molecule has 2 N–H and O–H groups in total. The highest BCUT2D eigenvalue weighted by Crippen LogP contribution is 2.48. The Hall–Kier alpha value is -1.09. The molecular weight excluding hydrogens is 239 g/mol. The van der Waals surface area contributed by atoms with Crippen LogP contribution in [-0.2, 0) is 0 Å². The van der Waals surface area contributed by atoms with E-state index < -0.39 is 0 Å². The number of likely N-dealkylation sites (N-methyl/N-ethyl adjacent to an activating group) is 1. The van der Waals surface area contributed by atoms with Crippen LogP contribution in [0.1, 0.15) is 39.5 Å². The van der Waals surface area contributed by atoms with Gasteiger partial charge in [-0.1, -0.05) is 38.8 Å². The highest BCUT2D eigenvalue weighted by atomic mass is 19.1. The summed E-state index contributed by atoms with van der Waals surface area (Å²) in [6.45, 7) is 5.08. The van der Waals surface area contributed by atoms with Gasteiger partial charge in [0, 0.05) is 13.6 Å². The number of nitrogens with zero attached hydrogens (tertiary/aromatic N) is 1. The van der Waals surface area contributed by atoms with Crippen molar-refractivity contribution in [3.63, 3.8) is 0 Å². The number of nitrogens with two attached hydrogens (primary N) is 1. The van der Waals surface area contributed by atoms with Gasteiger partial charge in [-0.3, -0.25) is 0 Å². The second kappa shape index (κ2) is 5.12. The Balaban J connectivity index is 2.43. The summed E-state index contributed by atoms with van der Waals surface area (Å²) in [7, 11) is 1.98. The van der Waals surface area contributed by atoms with Crippen molar-refractivity contribution >= 4 is 5.69 Å².